The first-order valence-electron chi connectivity index (χ1n) is 5.07. The summed E-state index contributed by atoms with van der Waals surface area (Å²) in [6.45, 7) is 5.68. The van der Waals surface area contributed by atoms with Crippen LogP contribution in [-0.4, -0.2) is 23.0 Å². The molecule has 1 unspecified atom stereocenters. The van der Waals surface area contributed by atoms with Crippen molar-refractivity contribution >= 4 is 11.7 Å². The Morgan fingerprint density at radius 1 is 1.33 bits per heavy atom. The number of hydrogen-bond donors (Lipinski definition) is 2. The second-order valence-corrected chi connectivity index (χ2v) is 3.74. The number of anilines is 1. The highest BCUT2D eigenvalue weighted by Gasteiger charge is 2.13. The predicted molar refractivity (Wildman–Crippen MR) is 60.6 cm³/mol. The Morgan fingerprint density at radius 2 is 2.07 bits per heavy atom. The van der Waals surface area contributed by atoms with Gasteiger partial charge in [0.15, 0.2) is 0 Å². The van der Waals surface area contributed by atoms with Crippen molar-refractivity contribution in [3.05, 3.63) is 24.4 Å². The number of hydrogen-bond acceptors (Lipinski definition) is 3. The molecule has 1 aromatic rings. The molecule has 0 aromatic carbocycles. The van der Waals surface area contributed by atoms with E-state index in [1.54, 1.807) is 6.20 Å². The standard InChI is InChI=1S/C11H17N3O/c1-8(2)13-11(15)9(3)14-10-6-4-5-7-12-10/h4-9H,1-3H3,(H,12,14)(H,13,15). The van der Waals surface area contributed by atoms with Gasteiger partial charge in [-0.1, -0.05) is 6.07 Å². The van der Waals surface area contributed by atoms with E-state index < -0.39 is 0 Å². The third-order valence-corrected chi connectivity index (χ3v) is 1.85. The van der Waals surface area contributed by atoms with Crippen molar-refractivity contribution in [1.82, 2.24) is 10.3 Å². The van der Waals surface area contributed by atoms with Gasteiger partial charge in [0.1, 0.15) is 11.9 Å². The van der Waals surface area contributed by atoms with Crippen LogP contribution in [0.4, 0.5) is 5.82 Å². The van der Waals surface area contributed by atoms with Gasteiger partial charge in [-0.05, 0) is 32.9 Å². The number of nitrogens with zero attached hydrogens (tertiary/aromatic N) is 1. The molecule has 0 aliphatic carbocycles. The molecule has 4 nitrogen and oxygen atoms in total. The molecule has 0 fully saturated rings. The van der Waals surface area contributed by atoms with Crippen molar-refractivity contribution in [3.63, 3.8) is 0 Å². The summed E-state index contributed by atoms with van der Waals surface area (Å²) in [5.41, 5.74) is 0. The summed E-state index contributed by atoms with van der Waals surface area (Å²) in [6, 6.07) is 5.43. The molecule has 2 N–H and O–H groups in total. The smallest absolute Gasteiger partial charge is 0.242 e. The van der Waals surface area contributed by atoms with Crippen LogP contribution in [0.3, 0.4) is 0 Å². The van der Waals surface area contributed by atoms with Gasteiger partial charge in [0.25, 0.3) is 0 Å². The molecule has 1 aromatic heterocycles. The minimum atomic E-state index is -0.276. The van der Waals surface area contributed by atoms with Gasteiger partial charge in [-0.15, -0.1) is 0 Å². The Labute approximate surface area is 90.1 Å². The molecule has 1 amide bonds. The van der Waals surface area contributed by atoms with E-state index in [1.165, 1.54) is 0 Å². The lowest BCUT2D eigenvalue weighted by Crippen LogP contribution is -2.41. The second-order valence-electron chi connectivity index (χ2n) is 3.74. The van der Waals surface area contributed by atoms with Crippen LogP contribution >= 0.6 is 0 Å². The monoisotopic (exact) mass is 207 g/mol. The van der Waals surface area contributed by atoms with Crippen LogP contribution in [0, 0.1) is 0 Å². The van der Waals surface area contributed by atoms with Gasteiger partial charge in [-0.3, -0.25) is 4.79 Å². The molecule has 4 heteroatoms. The van der Waals surface area contributed by atoms with E-state index in [-0.39, 0.29) is 18.0 Å². The van der Waals surface area contributed by atoms with E-state index in [1.807, 2.05) is 39.0 Å². The maximum absolute atomic E-state index is 11.6. The molecule has 0 radical (unpaired) electrons. The number of amides is 1. The van der Waals surface area contributed by atoms with Gasteiger partial charge in [-0.2, -0.15) is 0 Å². The molecule has 82 valence electrons. The molecule has 15 heavy (non-hydrogen) atoms. The largest absolute Gasteiger partial charge is 0.359 e. The summed E-state index contributed by atoms with van der Waals surface area (Å²) in [5.74, 6) is 0.694. The first-order valence-corrected chi connectivity index (χ1v) is 5.07. The van der Waals surface area contributed by atoms with Gasteiger partial charge in [-0.25, -0.2) is 4.98 Å². The fourth-order valence-corrected chi connectivity index (χ4v) is 1.15. The number of nitrogens with one attached hydrogen (secondary N) is 2. The average molecular weight is 207 g/mol. The Kier molecular flexibility index (Phi) is 4.09. The average Bonchev–Trinajstić information content (AvgIpc) is 2.18. The molecule has 0 aliphatic heterocycles. The molecule has 1 atom stereocenters. The number of rotatable bonds is 4. The molecular weight excluding hydrogens is 190 g/mol. The lowest BCUT2D eigenvalue weighted by atomic mass is 10.3. The third kappa shape index (κ3) is 3.97. The predicted octanol–water partition coefficient (Wildman–Crippen LogP) is 1.41. The number of pyridine rings is 1. The molecule has 0 saturated carbocycles. The van der Waals surface area contributed by atoms with Crippen molar-refractivity contribution < 1.29 is 4.79 Å². The van der Waals surface area contributed by atoms with Gasteiger partial charge < -0.3 is 10.6 Å². The topological polar surface area (TPSA) is 54.0 Å². The zero-order chi connectivity index (χ0) is 11.3. The van der Waals surface area contributed by atoms with E-state index >= 15 is 0 Å². The normalized spacial score (nSPS) is 12.3. The Bertz CT molecular complexity index is 311. The summed E-state index contributed by atoms with van der Waals surface area (Å²) in [5, 5.41) is 5.86. The molecular formula is C11H17N3O. The van der Waals surface area contributed by atoms with Crippen molar-refractivity contribution in [2.45, 2.75) is 32.9 Å². The quantitative estimate of drug-likeness (QED) is 0.784. The van der Waals surface area contributed by atoms with Crippen LogP contribution in [0.25, 0.3) is 0 Å². The van der Waals surface area contributed by atoms with Crippen molar-refractivity contribution in [2.75, 3.05) is 5.32 Å². The fourth-order valence-electron chi connectivity index (χ4n) is 1.15. The molecule has 0 bridgehead atoms. The van der Waals surface area contributed by atoms with E-state index in [9.17, 15) is 4.79 Å². The van der Waals surface area contributed by atoms with Crippen molar-refractivity contribution in [1.29, 1.82) is 0 Å². The van der Waals surface area contributed by atoms with Crippen LogP contribution in [0.15, 0.2) is 24.4 Å². The maximum atomic E-state index is 11.6. The first kappa shape index (κ1) is 11.5. The lowest BCUT2D eigenvalue weighted by Gasteiger charge is -2.16. The maximum Gasteiger partial charge on any atom is 0.242 e. The summed E-state index contributed by atoms with van der Waals surface area (Å²) >= 11 is 0. The van der Waals surface area contributed by atoms with Crippen LogP contribution in [0.5, 0.6) is 0 Å². The van der Waals surface area contributed by atoms with Crippen LogP contribution in [-0.2, 0) is 4.79 Å². The number of carbonyl (C=O) groups is 1. The van der Waals surface area contributed by atoms with Gasteiger partial charge in [0, 0.05) is 12.2 Å². The van der Waals surface area contributed by atoms with Crippen LogP contribution in [0.1, 0.15) is 20.8 Å². The van der Waals surface area contributed by atoms with Crippen molar-refractivity contribution in [3.8, 4) is 0 Å². The molecule has 1 rings (SSSR count). The summed E-state index contributed by atoms with van der Waals surface area (Å²) < 4.78 is 0. The molecule has 0 aliphatic rings. The summed E-state index contributed by atoms with van der Waals surface area (Å²) in [7, 11) is 0. The molecule has 0 spiro atoms. The fraction of sp³-hybridized carbons (Fsp3) is 0.455. The van der Waals surface area contributed by atoms with E-state index in [2.05, 4.69) is 15.6 Å². The van der Waals surface area contributed by atoms with Gasteiger partial charge >= 0.3 is 0 Å². The highest BCUT2D eigenvalue weighted by molar-refractivity contribution is 5.84. The minimum Gasteiger partial charge on any atom is -0.359 e. The SMILES string of the molecule is CC(C)NC(=O)C(C)Nc1ccccn1. The van der Waals surface area contributed by atoms with Crippen molar-refractivity contribution in [2.24, 2.45) is 0 Å². The zero-order valence-electron chi connectivity index (χ0n) is 9.32. The van der Waals surface area contributed by atoms with Crippen LogP contribution in [0.2, 0.25) is 0 Å². The number of carbonyl (C=O) groups excluding carboxylic acids is 1. The summed E-state index contributed by atoms with van der Waals surface area (Å²) in [4.78, 5) is 15.6. The van der Waals surface area contributed by atoms with E-state index in [0.717, 1.165) is 0 Å². The highest BCUT2D eigenvalue weighted by Crippen LogP contribution is 2.02. The van der Waals surface area contributed by atoms with Gasteiger partial charge in [0.2, 0.25) is 5.91 Å². The second kappa shape index (κ2) is 5.34. The highest BCUT2D eigenvalue weighted by atomic mass is 16.2. The van der Waals surface area contributed by atoms with E-state index in [0.29, 0.717) is 5.82 Å². The Balaban J connectivity index is 2.49. The molecule has 0 saturated heterocycles. The minimum absolute atomic E-state index is 0.0179. The lowest BCUT2D eigenvalue weighted by molar-refractivity contribution is -0.122. The Morgan fingerprint density at radius 3 is 2.60 bits per heavy atom. The van der Waals surface area contributed by atoms with Gasteiger partial charge in [0.05, 0.1) is 0 Å². The third-order valence-electron chi connectivity index (χ3n) is 1.85. The number of aromatic nitrogens is 1. The summed E-state index contributed by atoms with van der Waals surface area (Å²) in [6.07, 6.45) is 1.69. The Hall–Kier alpha value is -1.58. The molecule has 1 heterocycles. The zero-order valence-corrected chi connectivity index (χ0v) is 9.32. The first-order chi connectivity index (χ1) is 7.09. The van der Waals surface area contributed by atoms with E-state index in [4.69, 9.17) is 0 Å². The van der Waals surface area contributed by atoms with Crippen LogP contribution < -0.4 is 10.6 Å².